The van der Waals surface area contributed by atoms with E-state index in [1.165, 1.54) is 11.1 Å². The summed E-state index contributed by atoms with van der Waals surface area (Å²) in [5.41, 5.74) is 3.57. The maximum absolute atomic E-state index is 4.19. The molecule has 2 rings (SSSR count). The Balaban J connectivity index is 2.28. The van der Waals surface area contributed by atoms with Crippen molar-refractivity contribution < 1.29 is 0 Å². The lowest BCUT2D eigenvalue weighted by Crippen LogP contribution is -1.89. The third-order valence-electron chi connectivity index (χ3n) is 2.49. The lowest BCUT2D eigenvalue weighted by Gasteiger charge is -1.99. The Kier molecular flexibility index (Phi) is 2.72. The van der Waals surface area contributed by atoms with Gasteiger partial charge in [-0.25, -0.2) is 4.98 Å². The SMILES string of the molecule is CCc1ccc(-c2cnc(NC)[nH]2)cc1. The van der Waals surface area contributed by atoms with Gasteiger partial charge in [0, 0.05) is 7.05 Å². The van der Waals surface area contributed by atoms with Crippen LogP contribution in [0.1, 0.15) is 12.5 Å². The van der Waals surface area contributed by atoms with Gasteiger partial charge in [-0.3, -0.25) is 0 Å². The van der Waals surface area contributed by atoms with Crippen molar-refractivity contribution in [3.05, 3.63) is 36.0 Å². The Morgan fingerprint density at radius 2 is 2.00 bits per heavy atom. The molecular formula is C12H15N3. The number of rotatable bonds is 3. The summed E-state index contributed by atoms with van der Waals surface area (Å²) in [6.45, 7) is 2.16. The van der Waals surface area contributed by atoms with Crippen LogP contribution in [0.5, 0.6) is 0 Å². The van der Waals surface area contributed by atoms with Gasteiger partial charge in [0.1, 0.15) is 0 Å². The molecule has 0 unspecified atom stereocenters. The van der Waals surface area contributed by atoms with Crippen LogP contribution in [-0.4, -0.2) is 17.0 Å². The molecule has 15 heavy (non-hydrogen) atoms. The Morgan fingerprint density at radius 1 is 1.27 bits per heavy atom. The second kappa shape index (κ2) is 4.17. The number of imidazole rings is 1. The van der Waals surface area contributed by atoms with Gasteiger partial charge >= 0.3 is 0 Å². The Bertz CT molecular complexity index is 428. The molecule has 0 amide bonds. The fourth-order valence-electron chi connectivity index (χ4n) is 1.51. The summed E-state index contributed by atoms with van der Waals surface area (Å²) in [5, 5.41) is 2.97. The molecule has 1 heterocycles. The summed E-state index contributed by atoms with van der Waals surface area (Å²) in [6.07, 6.45) is 2.91. The zero-order chi connectivity index (χ0) is 10.7. The van der Waals surface area contributed by atoms with Gasteiger partial charge in [0.15, 0.2) is 5.95 Å². The van der Waals surface area contributed by atoms with E-state index in [1.807, 2.05) is 13.2 Å². The number of hydrogen-bond acceptors (Lipinski definition) is 2. The van der Waals surface area contributed by atoms with Crippen molar-refractivity contribution in [1.29, 1.82) is 0 Å². The molecule has 2 aromatic rings. The highest BCUT2D eigenvalue weighted by Gasteiger charge is 2.01. The molecule has 1 aromatic heterocycles. The first-order valence-electron chi connectivity index (χ1n) is 5.15. The average molecular weight is 201 g/mol. The molecule has 0 spiro atoms. The van der Waals surface area contributed by atoms with Gasteiger partial charge in [0.25, 0.3) is 0 Å². The van der Waals surface area contributed by atoms with Crippen LogP contribution in [0.25, 0.3) is 11.3 Å². The number of aromatic nitrogens is 2. The topological polar surface area (TPSA) is 40.7 Å². The highest BCUT2D eigenvalue weighted by Crippen LogP contribution is 2.18. The highest BCUT2D eigenvalue weighted by atomic mass is 15.1. The quantitative estimate of drug-likeness (QED) is 0.801. The molecule has 0 fully saturated rings. The number of anilines is 1. The van der Waals surface area contributed by atoms with Crippen molar-refractivity contribution in [2.45, 2.75) is 13.3 Å². The molecule has 3 nitrogen and oxygen atoms in total. The van der Waals surface area contributed by atoms with Gasteiger partial charge < -0.3 is 10.3 Å². The molecule has 2 N–H and O–H groups in total. The van der Waals surface area contributed by atoms with E-state index >= 15 is 0 Å². The number of nitrogens with one attached hydrogen (secondary N) is 2. The molecule has 1 aromatic carbocycles. The molecule has 0 aliphatic carbocycles. The number of aromatic amines is 1. The van der Waals surface area contributed by atoms with Crippen molar-refractivity contribution in [1.82, 2.24) is 9.97 Å². The van der Waals surface area contributed by atoms with E-state index < -0.39 is 0 Å². The summed E-state index contributed by atoms with van der Waals surface area (Å²) < 4.78 is 0. The molecule has 0 aliphatic heterocycles. The van der Waals surface area contributed by atoms with Crippen LogP contribution in [0, 0.1) is 0 Å². The highest BCUT2D eigenvalue weighted by molar-refractivity contribution is 5.60. The van der Waals surface area contributed by atoms with E-state index in [0.29, 0.717) is 0 Å². The summed E-state index contributed by atoms with van der Waals surface area (Å²) in [5.74, 6) is 0.796. The first-order valence-corrected chi connectivity index (χ1v) is 5.15. The maximum Gasteiger partial charge on any atom is 0.200 e. The minimum Gasteiger partial charge on any atom is -0.359 e. The van der Waals surface area contributed by atoms with E-state index in [1.54, 1.807) is 0 Å². The molecule has 0 saturated carbocycles. The third kappa shape index (κ3) is 2.01. The number of benzene rings is 1. The van der Waals surface area contributed by atoms with Crippen LogP contribution >= 0.6 is 0 Å². The summed E-state index contributed by atoms with van der Waals surface area (Å²) in [6, 6.07) is 8.53. The van der Waals surface area contributed by atoms with Gasteiger partial charge in [-0.1, -0.05) is 31.2 Å². The van der Waals surface area contributed by atoms with Crippen LogP contribution in [0.3, 0.4) is 0 Å². The van der Waals surface area contributed by atoms with Crippen molar-refractivity contribution in [2.24, 2.45) is 0 Å². The second-order valence-electron chi connectivity index (χ2n) is 3.45. The van der Waals surface area contributed by atoms with Crippen molar-refractivity contribution in [3.8, 4) is 11.3 Å². The Morgan fingerprint density at radius 3 is 2.53 bits per heavy atom. The summed E-state index contributed by atoms with van der Waals surface area (Å²) in [7, 11) is 1.85. The van der Waals surface area contributed by atoms with Crippen molar-refractivity contribution in [3.63, 3.8) is 0 Å². The lowest BCUT2D eigenvalue weighted by atomic mass is 10.1. The lowest BCUT2D eigenvalue weighted by molar-refractivity contribution is 1.14. The molecule has 3 heteroatoms. The molecular weight excluding hydrogens is 186 g/mol. The molecule has 78 valence electrons. The van der Waals surface area contributed by atoms with Gasteiger partial charge in [-0.15, -0.1) is 0 Å². The van der Waals surface area contributed by atoms with Gasteiger partial charge in [0.05, 0.1) is 11.9 Å². The van der Waals surface area contributed by atoms with Gasteiger partial charge in [-0.05, 0) is 17.5 Å². The molecule has 0 bridgehead atoms. The van der Waals surface area contributed by atoms with Crippen LogP contribution in [0.15, 0.2) is 30.5 Å². The predicted molar refractivity (Wildman–Crippen MR) is 62.9 cm³/mol. The number of hydrogen-bond donors (Lipinski definition) is 2. The minimum absolute atomic E-state index is 0.796. The number of aryl methyl sites for hydroxylation is 1. The van der Waals surface area contributed by atoms with Gasteiger partial charge in [-0.2, -0.15) is 0 Å². The summed E-state index contributed by atoms with van der Waals surface area (Å²) in [4.78, 5) is 7.38. The molecule has 0 saturated heterocycles. The predicted octanol–water partition coefficient (Wildman–Crippen LogP) is 2.68. The van der Waals surface area contributed by atoms with E-state index in [2.05, 4.69) is 46.5 Å². The van der Waals surface area contributed by atoms with Crippen LogP contribution < -0.4 is 5.32 Å². The standard InChI is InChI=1S/C12H15N3/c1-3-9-4-6-10(7-5-9)11-8-14-12(13-2)15-11/h4-8H,3H2,1-2H3,(H2,13,14,15). The summed E-state index contributed by atoms with van der Waals surface area (Å²) >= 11 is 0. The van der Waals surface area contributed by atoms with Crippen LogP contribution in [-0.2, 0) is 6.42 Å². The maximum atomic E-state index is 4.19. The van der Waals surface area contributed by atoms with Crippen molar-refractivity contribution >= 4 is 5.95 Å². The largest absolute Gasteiger partial charge is 0.359 e. The van der Waals surface area contributed by atoms with Crippen LogP contribution in [0.2, 0.25) is 0 Å². The van der Waals surface area contributed by atoms with E-state index in [4.69, 9.17) is 0 Å². The van der Waals surface area contributed by atoms with Gasteiger partial charge in [0.2, 0.25) is 0 Å². The second-order valence-corrected chi connectivity index (χ2v) is 3.45. The molecule has 0 aliphatic rings. The van der Waals surface area contributed by atoms with E-state index in [-0.39, 0.29) is 0 Å². The first-order chi connectivity index (χ1) is 7.33. The fraction of sp³-hybridized carbons (Fsp3) is 0.250. The smallest absolute Gasteiger partial charge is 0.200 e. The minimum atomic E-state index is 0.796. The first kappa shape index (κ1) is 9.77. The average Bonchev–Trinajstić information content (AvgIpc) is 2.78. The third-order valence-corrected chi connectivity index (χ3v) is 2.49. The molecule has 0 atom stereocenters. The van der Waals surface area contributed by atoms with Crippen LogP contribution in [0.4, 0.5) is 5.95 Å². The Hall–Kier alpha value is -1.77. The number of nitrogens with zero attached hydrogens (tertiary/aromatic N) is 1. The molecule has 0 radical (unpaired) electrons. The zero-order valence-electron chi connectivity index (χ0n) is 9.04. The fourth-order valence-corrected chi connectivity index (χ4v) is 1.51. The normalized spacial score (nSPS) is 10.3. The van der Waals surface area contributed by atoms with Crippen molar-refractivity contribution in [2.75, 3.05) is 12.4 Å². The van der Waals surface area contributed by atoms with E-state index in [0.717, 1.165) is 18.1 Å². The zero-order valence-corrected chi connectivity index (χ0v) is 9.04. The number of H-pyrrole nitrogens is 1. The van der Waals surface area contributed by atoms with E-state index in [9.17, 15) is 0 Å². The monoisotopic (exact) mass is 201 g/mol. The Labute approximate surface area is 89.6 Å².